The molecule has 21 heavy (non-hydrogen) atoms. The van der Waals surface area contributed by atoms with Crippen LogP contribution in [0.1, 0.15) is 50.8 Å². The highest BCUT2D eigenvalue weighted by Gasteiger charge is 2.38. The van der Waals surface area contributed by atoms with Gasteiger partial charge in [-0.1, -0.05) is 0 Å². The quantitative estimate of drug-likeness (QED) is 0.900. The molecule has 2 saturated carbocycles. The van der Waals surface area contributed by atoms with E-state index in [-0.39, 0.29) is 12.1 Å². The summed E-state index contributed by atoms with van der Waals surface area (Å²) < 4.78 is 5.48. The normalized spacial score (nSPS) is 26.6. The lowest BCUT2D eigenvalue weighted by atomic mass is 10.2. The number of rotatable bonds is 5. The topological polar surface area (TPSA) is 45.5 Å². The highest BCUT2D eigenvalue weighted by atomic mass is 32.2. The molecule has 5 heteroatoms. The van der Waals surface area contributed by atoms with Crippen LogP contribution < -0.4 is 5.32 Å². The van der Waals surface area contributed by atoms with E-state index in [1.807, 2.05) is 28.8 Å². The second kappa shape index (κ2) is 6.34. The van der Waals surface area contributed by atoms with Crippen molar-refractivity contribution in [3.63, 3.8) is 0 Å². The Morgan fingerprint density at radius 1 is 1.43 bits per heavy atom. The Balaban J connectivity index is 1.63. The van der Waals surface area contributed by atoms with Gasteiger partial charge in [0.15, 0.2) is 0 Å². The minimum absolute atomic E-state index is 0.00486. The summed E-state index contributed by atoms with van der Waals surface area (Å²) in [5.74, 6) is 0.866. The maximum Gasteiger partial charge on any atom is 0.318 e. The van der Waals surface area contributed by atoms with Crippen LogP contribution in [0.3, 0.4) is 0 Å². The molecule has 1 heterocycles. The fourth-order valence-electron chi connectivity index (χ4n) is 3.21. The van der Waals surface area contributed by atoms with E-state index in [0.717, 1.165) is 31.4 Å². The zero-order chi connectivity index (χ0) is 14.8. The SMILES string of the molecule is CSC1CCC(NC(=O)N(C2CC2)C(C)c2ccco2)C1. The number of nitrogens with one attached hydrogen (secondary N) is 1. The summed E-state index contributed by atoms with van der Waals surface area (Å²) in [4.78, 5) is 14.7. The summed E-state index contributed by atoms with van der Waals surface area (Å²) in [5, 5.41) is 3.94. The fourth-order valence-corrected chi connectivity index (χ4v) is 4.01. The van der Waals surface area contributed by atoms with Gasteiger partial charge in [0.25, 0.3) is 0 Å². The Kier molecular flexibility index (Phi) is 4.48. The van der Waals surface area contributed by atoms with Crippen molar-refractivity contribution in [3.05, 3.63) is 24.2 Å². The van der Waals surface area contributed by atoms with Crippen LogP contribution in [0.2, 0.25) is 0 Å². The Morgan fingerprint density at radius 2 is 2.24 bits per heavy atom. The third kappa shape index (κ3) is 3.39. The molecule has 2 aliphatic carbocycles. The van der Waals surface area contributed by atoms with Crippen molar-refractivity contribution in [2.24, 2.45) is 0 Å². The molecule has 0 saturated heterocycles. The number of hydrogen-bond acceptors (Lipinski definition) is 3. The van der Waals surface area contributed by atoms with Gasteiger partial charge in [0.1, 0.15) is 5.76 Å². The van der Waals surface area contributed by atoms with Crippen molar-refractivity contribution < 1.29 is 9.21 Å². The van der Waals surface area contributed by atoms with E-state index >= 15 is 0 Å². The predicted octanol–water partition coefficient (Wildman–Crippen LogP) is 3.80. The molecule has 3 unspecified atom stereocenters. The number of hydrogen-bond donors (Lipinski definition) is 1. The molecule has 3 rings (SSSR count). The zero-order valence-electron chi connectivity index (χ0n) is 12.7. The lowest BCUT2D eigenvalue weighted by Gasteiger charge is -2.29. The van der Waals surface area contributed by atoms with Crippen LogP contribution in [0.4, 0.5) is 4.79 Å². The number of carbonyl (C=O) groups excluding carboxylic acids is 1. The first-order valence-electron chi connectivity index (χ1n) is 7.84. The number of thioether (sulfide) groups is 1. The van der Waals surface area contributed by atoms with Crippen molar-refractivity contribution >= 4 is 17.8 Å². The van der Waals surface area contributed by atoms with Crippen molar-refractivity contribution in [1.29, 1.82) is 0 Å². The van der Waals surface area contributed by atoms with Crippen LogP contribution in [-0.4, -0.2) is 34.5 Å². The van der Waals surface area contributed by atoms with Gasteiger partial charge >= 0.3 is 6.03 Å². The largest absolute Gasteiger partial charge is 0.467 e. The third-order valence-electron chi connectivity index (χ3n) is 4.59. The molecule has 0 aliphatic heterocycles. The summed E-state index contributed by atoms with van der Waals surface area (Å²) in [5.41, 5.74) is 0. The third-order valence-corrected chi connectivity index (χ3v) is 5.69. The maximum atomic E-state index is 12.7. The van der Waals surface area contributed by atoms with Crippen molar-refractivity contribution in [1.82, 2.24) is 10.2 Å². The van der Waals surface area contributed by atoms with Gasteiger partial charge in [0.2, 0.25) is 0 Å². The molecule has 0 radical (unpaired) electrons. The number of nitrogens with zero attached hydrogens (tertiary/aromatic N) is 1. The monoisotopic (exact) mass is 308 g/mol. The maximum absolute atomic E-state index is 12.7. The van der Waals surface area contributed by atoms with Gasteiger partial charge in [-0.2, -0.15) is 11.8 Å². The van der Waals surface area contributed by atoms with E-state index in [9.17, 15) is 4.79 Å². The van der Waals surface area contributed by atoms with Crippen LogP contribution in [0.5, 0.6) is 0 Å². The van der Waals surface area contributed by atoms with Gasteiger partial charge in [0.05, 0.1) is 12.3 Å². The highest BCUT2D eigenvalue weighted by Crippen LogP contribution is 2.35. The van der Waals surface area contributed by atoms with Crippen molar-refractivity contribution in [2.75, 3.05) is 6.26 Å². The molecular weight excluding hydrogens is 284 g/mol. The van der Waals surface area contributed by atoms with Crippen molar-refractivity contribution in [2.45, 2.75) is 62.4 Å². The Bertz CT molecular complexity index is 473. The molecule has 0 spiro atoms. The minimum Gasteiger partial charge on any atom is -0.467 e. The van der Waals surface area contributed by atoms with Gasteiger partial charge in [-0.25, -0.2) is 4.79 Å². The molecule has 0 aromatic carbocycles. The Morgan fingerprint density at radius 3 is 2.81 bits per heavy atom. The standard InChI is InChI=1S/C16H24N2O2S/c1-11(15-4-3-9-20-15)18(13-6-7-13)16(19)17-12-5-8-14(10-12)21-2/h3-4,9,11-14H,5-8,10H2,1-2H3,(H,17,19). The number of urea groups is 1. The van der Waals surface area contributed by atoms with Crippen LogP contribution in [0.25, 0.3) is 0 Å². The van der Waals surface area contributed by atoms with Gasteiger partial charge in [0, 0.05) is 17.3 Å². The van der Waals surface area contributed by atoms with Crippen LogP contribution in [0, 0.1) is 0 Å². The van der Waals surface area contributed by atoms with Crippen LogP contribution in [0.15, 0.2) is 22.8 Å². The summed E-state index contributed by atoms with van der Waals surface area (Å²) in [6.07, 6.45) is 9.46. The summed E-state index contributed by atoms with van der Waals surface area (Å²) in [7, 11) is 0. The van der Waals surface area contributed by atoms with Gasteiger partial charge in [-0.3, -0.25) is 0 Å². The van der Waals surface area contributed by atoms with E-state index < -0.39 is 0 Å². The molecule has 1 aromatic heterocycles. The molecular formula is C16H24N2O2S. The smallest absolute Gasteiger partial charge is 0.318 e. The van der Waals surface area contributed by atoms with Gasteiger partial charge in [-0.15, -0.1) is 0 Å². The number of amides is 2. The summed E-state index contributed by atoms with van der Waals surface area (Å²) in [6, 6.07) is 4.63. The Hall–Kier alpha value is -1.10. The molecule has 2 aliphatic rings. The first-order chi connectivity index (χ1) is 10.2. The van der Waals surface area contributed by atoms with E-state index in [1.54, 1.807) is 6.26 Å². The van der Waals surface area contributed by atoms with E-state index in [4.69, 9.17) is 4.42 Å². The summed E-state index contributed by atoms with van der Waals surface area (Å²) in [6.45, 7) is 2.05. The first kappa shape index (κ1) is 14.8. The average molecular weight is 308 g/mol. The first-order valence-corrected chi connectivity index (χ1v) is 9.13. The second-order valence-electron chi connectivity index (χ2n) is 6.15. The lowest BCUT2D eigenvalue weighted by Crippen LogP contribution is -2.46. The average Bonchev–Trinajstić information content (AvgIpc) is 2.99. The number of carbonyl (C=O) groups is 1. The van der Waals surface area contributed by atoms with Gasteiger partial charge < -0.3 is 14.6 Å². The number of furan rings is 1. The molecule has 1 aromatic rings. The predicted molar refractivity (Wildman–Crippen MR) is 85.5 cm³/mol. The van der Waals surface area contributed by atoms with Crippen molar-refractivity contribution in [3.8, 4) is 0 Å². The molecule has 4 nitrogen and oxygen atoms in total. The Labute approximate surface area is 130 Å². The van der Waals surface area contributed by atoms with Gasteiger partial charge in [-0.05, 0) is 57.4 Å². The van der Waals surface area contributed by atoms with E-state index in [0.29, 0.717) is 17.3 Å². The van der Waals surface area contributed by atoms with E-state index in [2.05, 4.69) is 18.5 Å². The fraction of sp³-hybridized carbons (Fsp3) is 0.688. The second-order valence-corrected chi connectivity index (χ2v) is 7.29. The van der Waals surface area contributed by atoms with Crippen LogP contribution >= 0.6 is 11.8 Å². The molecule has 3 atom stereocenters. The lowest BCUT2D eigenvalue weighted by molar-refractivity contribution is 0.163. The zero-order valence-corrected chi connectivity index (χ0v) is 13.6. The van der Waals surface area contributed by atoms with E-state index in [1.165, 1.54) is 6.42 Å². The molecule has 1 N–H and O–H groups in total. The molecule has 0 bridgehead atoms. The molecule has 116 valence electrons. The highest BCUT2D eigenvalue weighted by molar-refractivity contribution is 7.99. The van der Waals surface area contributed by atoms with Crippen LogP contribution in [-0.2, 0) is 0 Å². The molecule has 2 fully saturated rings. The summed E-state index contributed by atoms with van der Waals surface area (Å²) >= 11 is 1.91. The minimum atomic E-state index is 0.00486. The molecule has 2 amide bonds.